The Hall–Kier alpha value is -7.23. The molecule has 9 aromatic carbocycles. The van der Waals surface area contributed by atoms with E-state index in [0.717, 1.165) is 49.5 Å². The molecule has 0 fully saturated rings. The van der Waals surface area contributed by atoms with Crippen LogP contribution in [0.4, 0.5) is 0 Å². The van der Waals surface area contributed by atoms with Crippen molar-refractivity contribution >= 4 is 50.2 Å². The van der Waals surface area contributed by atoms with E-state index in [4.69, 9.17) is 9.98 Å². The van der Waals surface area contributed by atoms with Crippen molar-refractivity contribution in [2.75, 3.05) is 0 Å². The molecule has 10 rings (SSSR count). The summed E-state index contributed by atoms with van der Waals surface area (Å²) in [5.41, 5.74) is 12.2. The zero-order valence-electron chi connectivity index (χ0n) is 31.9. The number of aliphatic imine (C=N–C) groups is 2. The molecule has 3 heteroatoms. The zero-order valence-corrected chi connectivity index (χ0v) is 31.9. The van der Waals surface area contributed by atoms with Gasteiger partial charge in [0.2, 0.25) is 0 Å². The van der Waals surface area contributed by atoms with Crippen molar-refractivity contribution in [3.8, 4) is 33.4 Å². The van der Waals surface area contributed by atoms with Crippen LogP contribution in [0.15, 0.2) is 198 Å². The van der Waals surface area contributed by atoms with Crippen LogP contribution in [0.25, 0.3) is 65.7 Å². The van der Waals surface area contributed by atoms with Crippen molar-refractivity contribution in [3.63, 3.8) is 0 Å². The standard InChI is InChI=1S/C54H39N3/c1-54(2)49-24-11-10-22-46(49)51-44(23-13-25-50(51)54)39-18-12-19-41(32-39)53(57-52(55)38-28-26-36(27-29-38)35-14-4-3-5-15-35)56-34-48-43-21-9-7-17-40(43)33-47-42-20-8-6-16-37(42)30-31-45(47)48/h3-34,55H,1-2H3. The summed E-state index contributed by atoms with van der Waals surface area (Å²) in [6.45, 7) is 4.63. The highest BCUT2D eigenvalue weighted by atomic mass is 14.9. The average molecular weight is 730 g/mol. The third-order valence-corrected chi connectivity index (χ3v) is 11.7. The van der Waals surface area contributed by atoms with Gasteiger partial charge in [-0.3, -0.25) is 5.41 Å². The van der Waals surface area contributed by atoms with Crippen LogP contribution in [0.2, 0.25) is 0 Å². The number of benzene rings is 9. The van der Waals surface area contributed by atoms with Gasteiger partial charge in [-0.1, -0.05) is 190 Å². The maximum atomic E-state index is 9.30. The molecule has 0 atom stereocenters. The molecule has 1 aliphatic rings. The van der Waals surface area contributed by atoms with Crippen LogP contribution in [0, 0.1) is 5.41 Å². The van der Waals surface area contributed by atoms with Gasteiger partial charge in [0.05, 0.1) is 0 Å². The van der Waals surface area contributed by atoms with E-state index < -0.39 is 0 Å². The van der Waals surface area contributed by atoms with Gasteiger partial charge in [0, 0.05) is 28.3 Å². The van der Waals surface area contributed by atoms with E-state index in [1.807, 2.05) is 36.5 Å². The van der Waals surface area contributed by atoms with E-state index >= 15 is 0 Å². The van der Waals surface area contributed by atoms with E-state index in [1.165, 1.54) is 44.0 Å². The molecule has 270 valence electrons. The lowest BCUT2D eigenvalue weighted by atomic mass is 9.82. The molecule has 0 radical (unpaired) electrons. The number of nitrogens with zero attached hydrogens (tertiary/aromatic N) is 2. The molecule has 57 heavy (non-hydrogen) atoms. The Morgan fingerprint density at radius 1 is 0.474 bits per heavy atom. The summed E-state index contributed by atoms with van der Waals surface area (Å²) in [5, 5.41) is 16.3. The summed E-state index contributed by atoms with van der Waals surface area (Å²) in [6.07, 6.45) is 1.95. The van der Waals surface area contributed by atoms with E-state index in [-0.39, 0.29) is 11.3 Å². The van der Waals surface area contributed by atoms with E-state index in [0.29, 0.717) is 5.84 Å². The highest BCUT2D eigenvalue weighted by Gasteiger charge is 2.36. The second-order valence-electron chi connectivity index (χ2n) is 15.4. The highest BCUT2D eigenvalue weighted by molar-refractivity contribution is 6.22. The lowest BCUT2D eigenvalue weighted by Gasteiger charge is -2.21. The number of nitrogens with one attached hydrogen (secondary N) is 1. The lowest BCUT2D eigenvalue weighted by molar-refractivity contribution is 0.660. The fourth-order valence-corrected chi connectivity index (χ4v) is 8.73. The minimum absolute atomic E-state index is 0.103. The summed E-state index contributed by atoms with van der Waals surface area (Å²) in [4.78, 5) is 10.2. The third-order valence-electron chi connectivity index (χ3n) is 11.7. The number of rotatable bonds is 5. The Balaban J connectivity index is 1.13. The van der Waals surface area contributed by atoms with Gasteiger partial charge in [-0.2, -0.15) is 0 Å². The summed E-state index contributed by atoms with van der Waals surface area (Å²) in [6, 6.07) is 66.0. The number of amidine groups is 2. The molecule has 0 bridgehead atoms. The van der Waals surface area contributed by atoms with Gasteiger partial charge in [0.15, 0.2) is 11.7 Å². The van der Waals surface area contributed by atoms with Gasteiger partial charge in [0.1, 0.15) is 0 Å². The van der Waals surface area contributed by atoms with Gasteiger partial charge in [0.25, 0.3) is 0 Å². The molecule has 0 heterocycles. The Kier molecular flexibility index (Phi) is 8.30. The average Bonchev–Trinajstić information content (AvgIpc) is 3.50. The van der Waals surface area contributed by atoms with Crippen molar-refractivity contribution in [2.45, 2.75) is 19.3 Å². The monoisotopic (exact) mass is 729 g/mol. The van der Waals surface area contributed by atoms with Crippen LogP contribution >= 0.6 is 0 Å². The first kappa shape index (κ1) is 34.3. The Morgan fingerprint density at radius 2 is 1.12 bits per heavy atom. The molecule has 9 aromatic rings. The normalized spacial score (nSPS) is 13.3. The first-order valence-corrected chi connectivity index (χ1v) is 19.5. The van der Waals surface area contributed by atoms with Crippen molar-refractivity contribution in [2.24, 2.45) is 9.98 Å². The minimum Gasteiger partial charge on any atom is -0.282 e. The molecule has 0 saturated carbocycles. The second kappa shape index (κ2) is 13.8. The van der Waals surface area contributed by atoms with Crippen LogP contribution < -0.4 is 0 Å². The fourth-order valence-electron chi connectivity index (χ4n) is 8.73. The SMILES string of the molecule is CC1(C)c2ccccc2-c2c(-c3cccc(C(N=Cc4c5ccccc5cc5c4ccc4ccccc45)=NC(=N)c4ccc(-c5ccccc5)cc4)c3)cccc21. The molecular formula is C54H39N3. The Labute approximate surface area is 332 Å². The predicted octanol–water partition coefficient (Wildman–Crippen LogP) is 13.7. The van der Waals surface area contributed by atoms with Gasteiger partial charge < -0.3 is 0 Å². The molecule has 0 unspecified atom stereocenters. The third kappa shape index (κ3) is 5.96. The van der Waals surface area contributed by atoms with Gasteiger partial charge in [-0.05, 0) is 89.0 Å². The summed E-state index contributed by atoms with van der Waals surface area (Å²) in [5.74, 6) is 0.626. The zero-order chi connectivity index (χ0) is 38.5. The first-order chi connectivity index (χ1) is 27.9. The maximum absolute atomic E-state index is 9.30. The molecule has 0 saturated heterocycles. The van der Waals surface area contributed by atoms with E-state index in [9.17, 15) is 5.41 Å². The summed E-state index contributed by atoms with van der Waals surface area (Å²) in [7, 11) is 0. The summed E-state index contributed by atoms with van der Waals surface area (Å²) >= 11 is 0. The van der Waals surface area contributed by atoms with Crippen molar-refractivity contribution in [3.05, 3.63) is 216 Å². The molecule has 3 nitrogen and oxygen atoms in total. The van der Waals surface area contributed by atoms with Gasteiger partial charge in [-0.15, -0.1) is 0 Å². The Morgan fingerprint density at radius 3 is 1.96 bits per heavy atom. The predicted molar refractivity (Wildman–Crippen MR) is 241 cm³/mol. The minimum atomic E-state index is -0.103. The van der Waals surface area contributed by atoms with Crippen LogP contribution in [0.5, 0.6) is 0 Å². The highest BCUT2D eigenvalue weighted by Crippen LogP contribution is 2.52. The maximum Gasteiger partial charge on any atom is 0.161 e. The van der Waals surface area contributed by atoms with Crippen molar-refractivity contribution in [1.29, 1.82) is 5.41 Å². The van der Waals surface area contributed by atoms with Crippen molar-refractivity contribution in [1.82, 2.24) is 0 Å². The quantitative estimate of drug-likeness (QED) is 0.0794. The second-order valence-corrected chi connectivity index (χ2v) is 15.4. The molecule has 0 spiro atoms. The summed E-state index contributed by atoms with van der Waals surface area (Å²) < 4.78 is 0. The van der Waals surface area contributed by atoms with Crippen LogP contribution in [-0.2, 0) is 5.41 Å². The lowest BCUT2D eigenvalue weighted by Crippen LogP contribution is -2.14. The largest absolute Gasteiger partial charge is 0.282 e. The topological polar surface area (TPSA) is 48.6 Å². The molecule has 1 N–H and O–H groups in total. The Bertz CT molecular complexity index is 3100. The fraction of sp³-hybridized carbons (Fsp3) is 0.0556. The number of hydrogen-bond acceptors (Lipinski definition) is 1. The van der Waals surface area contributed by atoms with E-state index in [2.05, 4.69) is 172 Å². The smallest absolute Gasteiger partial charge is 0.161 e. The molecule has 0 amide bonds. The number of hydrogen-bond donors (Lipinski definition) is 1. The van der Waals surface area contributed by atoms with Gasteiger partial charge in [-0.25, -0.2) is 9.98 Å². The van der Waals surface area contributed by atoms with Crippen molar-refractivity contribution < 1.29 is 0 Å². The molecular weight excluding hydrogens is 691 g/mol. The first-order valence-electron chi connectivity index (χ1n) is 19.5. The van der Waals surface area contributed by atoms with Crippen LogP contribution in [0.1, 0.15) is 41.7 Å². The molecule has 0 aliphatic heterocycles. The van der Waals surface area contributed by atoms with Crippen LogP contribution in [0.3, 0.4) is 0 Å². The molecule has 0 aromatic heterocycles. The number of fused-ring (bicyclic) bond motifs is 7. The van der Waals surface area contributed by atoms with Gasteiger partial charge >= 0.3 is 0 Å². The molecule has 1 aliphatic carbocycles. The van der Waals surface area contributed by atoms with Crippen LogP contribution in [-0.4, -0.2) is 17.9 Å². The van der Waals surface area contributed by atoms with E-state index in [1.54, 1.807) is 0 Å².